The van der Waals surface area contributed by atoms with Gasteiger partial charge in [0.2, 0.25) is 0 Å². The maximum absolute atomic E-state index is 12.5. The molecule has 3 rings (SSSR count). The lowest BCUT2D eigenvalue weighted by Gasteiger charge is -2.12. The number of aromatic nitrogens is 1. The van der Waals surface area contributed by atoms with Crippen molar-refractivity contribution >= 4 is 22.5 Å². The minimum absolute atomic E-state index is 0.275. The first-order valence-electron chi connectivity index (χ1n) is 7.83. The Hall–Kier alpha value is -3.48. The summed E-state index contributed by atoms with van der Waals surface area (Å²) >= 11 is 0. The van der Waals surface area contributed by atoms with Crippen LogP contribution >= 0.6 is 0 Å². The van der Waals surface area contributed by atoms with E-state index < -0.39 is 17.2 Å². The van der Waals surface area contributed by atoms with Crippen LogP contribution in [0.15, 0.2) is 41.2 Å². The van der Waals surface area contributed by atoms with Crippen LogP contribution in [0.25, 0.3) is 10.9 Å². The number of methoxy groups -OCH3 is 2. The van der Waals surface area contributed by atoms with Crippen molar-refractivity contribution in [3.63, 3.8) is 0 Å². The van der Waals surface area contributed by atoms with E-state index in [9.17, 15) is 14.7 Å². The van der Waals surface area contributed by atoms with E-state index in [1.54, 1.807) is 18.2 Å². The van der Waals surface area contributed by atoms with Crippen LogP contribution in [-0.2, 0) is 0 Å². The SMILES string of the molecule is COc1cc2[nH]c(=O)c(C(=O)Nc3cccc(C)c3)c(O)c2cc1OC. The van der Waals surface area contributed by atoms with E-state index in [2.05, 4.69) is 10.3 Å². The molecule has 0 saturated carbocycles. The molecular weight excluding hydrogens is 336 g/mol. The van der Waals surface area contributed by atoms with Crippen LogP contribution in [-0.4, -0.2) is 30.2 Å². The van der Waals surface area contributed by atoms with Crippen LogP contribution in [0.2, 0.25) is 0 Å². The molecule has 26 heavy (non-hydrogen) atoms. The van der Waals surface area contributed by atoms with E-state index in [1.807, 2.05) is 13.0 Å². The Bertz CT molecular complexity index is 1060. The van der Waals surface area contributed by atoms with E-state index in [0.29, 0.717) is 22.7 Å². The minimum atomic E-state index is -0.703. The molecule has 2 aromatic carbocycles. The van der Waals surface area contributed by atoms with Gasteiger partial charge in [-0.3, -0.25) is 9.59 Å². The van der Waals surface area contributed by atoms with E-state index >= 15 is 0 Å². The number of rotatable bonds is 4. The predicted molar refractivity (Wildman–Crippen MR) is 98.5 cm³/mol. The minimum Gasteiger partial charge on any atom is -0.506 e. The van der Waals surface area contributed by atoms with Crippen molar-refractivity contribution in [3.05, 3.63) is 57.9 Å². The van der Waals surface area contributed by atoms with Gasteiger partial charge in [0.25, 0.3) is 11.5 Å². The number of hydrogen-bond donors (Lipinski definition) is 3. The lowest BCUT2D eigenvalue weighted by Crippen LogP contribution is -2.23. The van der Waals surface area contributed by atoms with Gasteiger partial charge in [0.05, 0.1) is 19.7 Å². The van der Waals surface area contributed by atoms with Crippen LogP contribution in [0.3, 0.4) is 0 Å². The molecule has 3 aromatic rings. The van der Waals surface area contributed by atoms with Gasteiger partial charge < -0.3 is 24.9 Å². The summed E-state index contributed by atoms with van der Waals surface area (Å²) in [6.45, 7) is 1.88. The molecule has 7 heteroatoms. The average Bonchev–Trinajstić information content (AvgIpc) is 2.60. The fraction of sp³-hybridized carbons (Fsp3) is 0.158. The summed E-state index contributed by atoms with van der Waals surface area (Å²) in [5.41, 5.74) is 0.744. The van der Waals surface area contributed by atoms with Gasteiger partial charge in [0.15, 0.2) is 11.5 Å². The maximum atomic E-state index is 12.5. The Morgan fingerprint density at radius 1 is 1.12 bits per heavy atom. The first-order valence-corrected chi connectivity index (χ1v) is 7.83. The second-order valence-corrected chi connectivity index (χ2v) is 5.75. The molecule has 1 heterocycles. The number of pyridine rings is 1. The van der Waals surface area contributed by atoms with Gasteiger partial charge in [-0.1, -0.05) is 12.1 Å². The Morgan fingerprint density at radius 2 is 1.81 bits per heavy atom. The number of fused-ring (bicyclic) bond motifs is 1. The average molecular weight is 354 g/mol. The molecule has 0 fully saturated rings. The van der Waals surface area contributed by atoms with Crippen LogP contribution < -0.4 is 20.3 Å². The van der Waals surface area contributed by atoms with Crippen molar-refractivity contribution < 1.29 is 19.4 Å². The zero-order valence-electron chi connectivity index (χ0n) is 14.5. The number of ether oxygens (including phenoxy) is 2. The summed E-state index contributed by atoms with van der Waals surface area (Å²) in [6, 6.07) is 10.2. The van der Waals surface area contributed by atoms with Gasteiger partial charge in [-0.05, 0) is 30.7 Å². The highest BCUT2D eigenvalue weighted by atomic mass is 16.5. The van der Waals surface area contributed by atoms with Crippen molar-refractivity contribution in [2.45, 2.75) is 6.92 Å². The number of nitrogens with one attached hydrogen (secondary N) is 2. The van der Waals surface area contributed by atoms with Crippen molar-refractivity contribution in [2.24, 2.45) is 0 Å². The summed E-state index contributed by atoms with van der Waals surface area (Å²) in [4.78, 5) is 27.5. The van der Waals surface area contributed by atoms with E-state index in [1.165, 1.54) is 26.4 Å². The molecule has 0 spiro atoms. The molecule has 3 N–H and O–H groups in total. The maximum Gasteiger partial charge on any atom is 0.265 e. The van der Waals surface area contributed by atoms with Crippen molar-refractivity contribution in [2.75, 3.05) is 19.5 Å². The second-order valence-electron chi connectivity index (χ2n) is 5.75. The van der Waals surface area contributed by atoms with Crippen molar-refractivity contribution in [1.29, 1.82) is 0 Å². The number of H-pyrrole nitrogens is 1. The lowest BCUT2D eigenvalue weighted by atomic mass is 10.1. The molecule has 7 nitrogen and oxygen atoms in total. The largest absolute Gasteiger partial charge is 0.506 e. The highest BCUT2D eigenvalue weighted by Crippen LogP contribution is 2.35. The monoisotopic (exact) mass is 354 g/mol. The van der Waals surface area contributed by atoms with Crippen LogP contribution in [0.1, 0.15) is 15.9 Å². The molecule has 0 aliphatic rings. The van der Waals surface area contributed by atoms with Gasteiger partial charge in [-0.2, -0.15) is 0 Å². The number of carbonyl (C=O) groups is 1. The predicted octanol–water partition coefficient (Wildman–Crippen LogP) is 2.81. The van der Waals surface area contributed by atoms with Gasteiger partial charge in [0.1, 0.15) is 11.3 Å². The van der Waals surface area contributed by atoms with Gasteiger partial charge in [0, 0.05) is 17.1 Å². The number of carbonyl (C=O) groups excluding carboxylic acids is 1. The zero-order chi connectivity index (χ0) is 18.8. The number of anilines is 1. The fourth-order valence-corrected chi connectivity index (χ4v) is 2.73. The van der Waals surface area contributed by atoms with Crippen LogP contribution in [0, 0.1) is 6.92 Å². The number of benzene rings is 2. The third-order valence-electron chi connectivity index (χ3n) is 3.99. The molecule has 0 aliphatic heterocycles. The first-order chi connectivity index (χ1) is 12.4. The number of amides is 1. The normalized spacial score (nSPS) is 10.6. The van der Waals surface area contributed by atoms with Gasteiger partial charge >= 0.3 is 0 Å². The molecule has 1 amide bonds. The molecule has 0 unspecified atom stereocenters. The molecule has 0 bridgehead atoms. The summed E-state index contributed by atoms with van der Waals surface area (Å²) < 4.78 is 10.4. The van der Waals surface area contributed by atoms with E-state index in [4.69, 9.17) is 9.47 Å². The number of hydrogen-bond acceptors (Lipinski definition) is 5. The third kappa shape index (κ3) is 3.06. The molecular formula is C19H18N2O5. The second kappa shape index (κ2) is 6.79. The molecule has 0 saturated heterocycles. The van der Waals surface area contributed by atoms with Crippen LogP contribution in [0.5, 0.6) is 17.2 Å². The molecule has 1 aromatic heterocycles. The van der Waals surface area contributed by atoms with Gasteiger partial charge in [-0.25, -0.2) is 0 Å². The zero-order valence-corrected chi connectivity index (χ0v) is 14.5. The Kier molecular flexibility index (Phi) is 4.53. The quantitative estimate of drug-likeness (QED) is 0.669. The highest BCUT2D eigenvalue weighted by Gasteiger charge is 2.21. The summed E-state index contributed by atoms with van der Waals surface area (Å²) in [7, 11) is 2.92. The summed E-state index contributed by atoms with van der Waals surface area (Å²) in [6.07, 6.45) is 0. The number of aryl methyl sites for hydroxylation is 1. The fourth-order valence-electron chi connectivity index (χ4n) is 2.73. The molecule has 134 valence electrons. The Balaban J connectivity index is 2.11. The molecule has 0 aliphatic carbocycles. The Morgan fingerprint density at radius 3 is 2.46 bits per heavy atom. The van der Waals surface area contributed by atoms with Crippen molar-refractivity contribution in [1.82, 2.24) is 4.98 Å². The van der Waals surface area contributed by atoms with E-state index in [0.717, 1.165) is 5.56 Å². The Labute approximate surface area is 149 Å². The standard InChI is InChI=1S/C19H18N2O5/c1-10-5-4-6-11(7-10)20-18(23)16-17(22)12-8-14(25-2)15(26-3)9-13(12)21-19(16)24/h4-9H,1-3H3,(H,20,23)(H2,21,22,24). The highest BCUT2D eigenvalue weighted by molar-refractivity contribution is 6.09. The molecule has 0 atom stereocenters. The van der Waals surface area contributed by atoms with Crippen molar-refractivity contribution in [3.8, 4) is 17.2 Å². The summed E-state index contributed by atoms with van der Waals surface area (Å²) in [5.74, 6) is -0.361. The van der Waals surface area contributed by atoms with Gasteiger partial charge in [-0.15, -0.1) is 0 Å². The number of aromatic hydroxyl groups is 1. The smallest absolute Gasteiger partial charge is 0.265 e. The van der Waals surface area contributed by atoms with E-state index in [-0.39, 0.29) is 10.9 Å². The number of aromatic amines is 1. The topological polar surface area (TPSA) is 101 Å². The van der Waals surface area contributed by atoms with Crippen LogP contribution in [0.4, 0.5) is 5.69 Å². The molecule has 0 radical (unpaired) electrons. The lowest BCUT2D eigenvalue weighted by molar-refractivity contribution is 0.102. The summed E-state index contributed by atoms with van der Waals surface area (Å²) in [5, 5.41) is 13.4. The third-order valence-corrected chi connectivity index (χ3v) is 3.99. The first kappa shape index (κ1) is 17.3.